The maximum Gasteiger partial charge on any atom is 0.414 e. The van der Waals surface area contributed by atoms with E-state index >= 15 is 0 Å². The molecule has 0 spiro atoms. The molecule has 3 amide bonds. The Morgan fingerprint density at radius 3 is 2.54 bits per heavy atom. The van der Waals surface area contributed by atoms with Crippen LogP contribution >= 0.6 is 0 Å². The number of nitrogens with zero attached hydrogens (tertiary/aromatic N) is 2. The van der Waals surface area contributed by atoms with Gasteiger partial charge in [-0.2, -0.15) is 0 Å². The molecule has 9 heteroatoms. The molecule has 0 saturated carbocycles. The minimum absolute atomic E-state index is 0.0525. The number of nitrogens with one attached hydrogen (secondary N) is 2. The normalized spacial score (nSPS) is 20.1. The second-order valence-electron chi connectivity index (χ2n) is 7.15. The molecule has 2 heterocycles. The van der Waals surface area contributed by atoms with Crippen molar-refractivity contribution < 1.29 is 23.5 Å². The molecule has 2 aliphatic heterocycles. The first kappa shape index (κ1) is 19.9. The molecule has 28 heavy (non-hydrogen) atoms. The van der Waals surface area contributed by atoms with Crippen molar-refractivity contribution in [3.63, 3.8) is 0 Å². The molecule has 0 aromatic heterocycles. The van der Waals surface area contributed by atoms with Crippen molar-refractivity contribution in [2.75, 3.05) is 36.0 Å². The summed E-state index contributed by atoms with van der Waals surface area (Å²) in [7, 11) is 0. The van der Waals surface area contributed by atoms with Crippen LogP contribution in [0, 0.1) is 5.82 Å². The van der Waals surface area contributed by atoms with Crippen LogP contribution in [0.2, 0.25) is 0 Å². The van der Waals surface area contributed by atoms with E-state index in [2.05, 4.69) is 10.6 Å². The molecule has 1 unspecified atom stereocenters. The van der Waals surface area contributed by atoms with Crippen LogP contribution in [0.4, 0.5) is 20.6 Å². The van der Waals surface area contributed by atoms with Crippen LogP contribution in [-0.4, -0.2) is 56.2 Å². The molecule has 2 aliphatic rings. The quantitative estimate of drug-likeness (QED) is 0.790. The number of carbonyl (C=O) groups excluding carboxylic acids is 3. The summed E-state index contributed by atoms with van der Waals surface area (Å²) in [5.74, 6) is -0.663. The number of carbonyl (C=O) groups is 3. The number of halogens is 1. The van der Waals surface area contributed by atoms with Crippen LogP contribution in [0.5, 0.6) is 0 Å². The van der Waals surface area contributed by atoms with Crippen molar-refractivity contribution in [2.45, 2.75) is 38.8 Å². The van der Waals surface area contributed by atoms with E-state index in [-0.39, 0.29) is 30.9 Å². The average Bonchev–Trinajstić information content (AvgIpc) is 3.01. The zero-order valence-corrected chi connectivity index (χ0v) is 16.0. The van der Waals surface area contributed by atoms with E-state index in [1.54, 1.807) is 12.1 Å². The van der Waals surface area contributed by atoms with Crippen molar-refractivity contribution in [3.05, 3.63) is 24.0 Å². The van der Waals surface area contributed by atoms with Gasteiger partial charge in [-0.1, -0.05) is 0 Å². The summed E-state index contributed by atoms with van der Waals surface area (Å²) in [4.78, 5) is 37.5. The molecule has 1 aromatic carbocycles. The van der Waals surface area contributed by atoms with Gasteiger partial charge in [-0.15, -0.1) is 0 Å². The monoisotopic (exact) mass is 392 g/mol. The molecular formula is C19H25FN4O4. The Balaban J connectivity index is 1.62. The van der Waals surface area contributed by atoms with Crippen molar-refractivity contribution in [3.8, 4) is 0 Å². The van der Waals surface area contributed by atoms with E-state index < -0.39 is 18.0 Å². The fourth-order valence-electron chi connectivity index (χ4n) is 3.57. The number of rotatable bonds is 5. The zero-order chi connectivity index (χ0) is 20.3. The molecule has 3 rings (SSSR count). The predicted octanol–water partition coefficient (Wildman–Crippen LogP) is 1.39. The summed E-state index contributed by atoms with van der Waals surface area (Å²) in [5.41, 5.74) is 0.900. The molecule has 2 fully saturated rings. The van der Waals surface area contributed by atoms with Gasteiger partial charge in [-0.05, 0) is 31.0 Å². The maximum atomic E-state index is 14.7. The van der Waals surface area contributed by atoms with E-state index in [1.165, 1.54) is 24.8 Å². The molecule has 2 N–H and O–H groups in total. The van der Waals surface area contributed by atoms with Crippen LogP contribution in [0.3, 0.4) is 0 Å². The zero-order valence-electron chi connectivity index (χ0n) is 16.0. The Morgan fingerprint density at radius 2 is 1.93 bits per heavy atom. The molecule has 152 valence electrons. The van der Waals surface area contributed by atoms with Crippen LogP contribution in [-0.2, 0) is 14.3 Å². The van der Waals surface area contributed by atoms with Gasteiger partial charge >= 0.3 is 6.09 Å². The van der Waals surface area contributed by atoms with Crippen molar-refractivity contribution in [1.29, 1.82) is 0 Å². The van der Waals surface area contributed by atoms with Crippen molar-refractivity contribution >= 4 is 29.3 Å². The Labute approximate surface area is 163 Å². The molecule has 0 radical (unpaired) electrons. The third-order valence-corrected chi connectivity index (χ3v) is 4.94. The van der Waals surface area contributed by atoms with Gasteiger partial charge in [0.25, 0.3) is 0 Å². The third-order valence-electron chi connectivity index (χ3n) is 4.94. The summed E-state index contributed by atoms with van der Waals surface area (Å²) in [6, 6.07) is 4.81. The Kier molecular flexibility index (Phi) is 6.01. The lowest BCUT2D eigenvalue weighted by atomic mass is 10.0. The largest absolute Gasteiger partial charge is 0.442 e. The first-order chi connectivity index (χ1) is 13.3. The lowest BCUT2D eigenvalue weighted by molar-refractivity contribution is -0.120. The summed E-state index contributed by atoms with van der Waals surface area (Å²) in [6.07, 6.45) is 0.485. The fraction of sp³-hybridized carbons (Fsp3) is 0.526. The SMILES string of the molecule is CC(=O)NCC1CN(c2ccc(N3CCC(NC(C)=O)CC3)c(F)c2)C(=O)O1. The number of benzene rings is 1. The summed E-state index contributed by atoms with van der Waals surface area (Å²) < 4.78 is 19.9. The summed E-state index contributed by atoms with van der Waals surface area (Å²) in [6.45, 7) is 4.65. The fourth-order valence-corrected chi connectivity index (χ4v) is 3.57. The number of anilines is 2. The Morgan fingerprint density at radius 1 is 1.21 bits per heavy atom. The van der Waals surface area contributed by atoms with Gasteiger partial charge in [-0.25, -0.2) is 9.18 Å². The molecule has 0 bridgehead atoms. The number of hydrogen-bond donors (Lipinski definition) is 2. The Bertz CT molecular complexity index is 764. The van der Waals surface area contributed by atoms with Gasteiger partial charge in [-0.3, -0.25) is 14.5 Å². The van der Waals surface area contributed by atoms with E-state index in [4.69, 9.17) is 4.74 Å². The van der Waals surface area contributed by atoms with E-state index in [0.29, 0.717) is 24.5 Å². The van der Waals surface area contributed by atoms with Gasteiger partial charge in [0.05, 0.1) is 24.5 Å². The number of cyclic esters (lactones) is 1. The molecular weight excluding hydrogens is 367 g/mol. The van der Waals surface area contributed by atoms with Crippen molar-refractivity contribution in [1.82, 2.24) is 10.6 Å². The van der Waals surface area contributed by atoms with Gasteiger partial charge < -0.3 is 20.3 Å². The second kappa shape index (κ2) is 8.45. The maximum absolute atomic E-state index is 14.7. The first-order valence-electron chi connectivity index (χ1n) is 9.37. The van der Waals surface area contributed by atoms with Gasteiger partial charge in [0.2, 0.25) is 11.8 Å². The lowest BCUT2D eigenvalue weighted by Gasteiger charge is -2.34. The highest BCUT2D eigenvalue weighted by molar-refractivity contribution is 5.90. The number of amides is 3. The van der Waals surface area contributed by atoms with Crippen LogP contribution in [0.25, 0.3) is 0 Å². The van der Waals surface area contributed by atoms with E-state index in [9.17, 15) is 18.8 Å². The lowest BCUT2D eigenvalue weighted by Crippen LogP contribution is -2.44. The standard InChI is InChI=1S/C19H25FN4O4/c1-12(25)21-10-16-11-24(19(27)28-16)15-3-4-18(17(20)9-15)23-7-5-14(6-8-23)22-13(2)26/h3-4,9,14,16H,5-8,10-11H2,1-2H3,(H,21,25)(H,22,26). The molecule has 1 aromatic rings. The predicted molar refractivity (Wildman–Crippen MR) is 102 cm³/mol. The third kappa shape index (κ3) is 4.71. The van der Waals surface area contributed by atoms with Crippen molar-refractivity contribution in [2.24, 2.45) is 0 Å². The number of hydrogen-bond acceptors (Lipinski definition) is 5. The van der Waals surface area contributed by atoms with Gasteiger partial charge in [0.15, 0.2) is 0 Å². The van der Waals surface area contributed by atoms with Crippen LogP contribution < -0.4 is 20.4 Å². The number of ether oxygens (including phenoxy) is 1. The highest BCUT2D eigenvalue weighted by Crippen LogP contribution is 2.29. The number of piperidine rings is 1. The second-order valence-corrected chi connectivity index (χ2v) is 7.15. The molecule has 8 nitrogen and oxygen atoms in total. The summed E-state index contributed by atoms with van der Waals surface area (Å²) >= 11 is 0. The smallest absolute Gasteiger partial charge is 0.414 e. The molecule has 1 atom stereocenters. The van der Waals surface area contributed by atoms with Gasteiger partial charge in [0.1, 0.15) is 11.9 Å². The first-order valence-corrected chi connectivity index (χ1v) is 9.37. The minimum Gasteiger partial charge on any atom is -0.442 e. The highest BCUT2D eigenvalue weighted by atomic mass is 19.1. The molecule has 2 saturated heterocycles. The van der Waals surface area contributed by atoms with Crippen LogP contribution in [0.1, 0.15) is 26.7 Å². The average molecular weight is 392 g/mol. The molecule has 0 aliphatic carbocycles. The Hall–Kier alpha value is -2.84. The topological polar surface area (TPSA) is 91.0 Å². The summed E-state index contributed by atoms with van der Waals surface area (Å²) in [5, 5.41) is 5.51. The van der Waals surface area contributed by atoms with E-state index in [1.807, 2.05) is 4.90 Å². The minimum atomic E-state index is -0.557. The van der Waals surface area contributed by atoms with Gasteiger partial charge in [0, 0.05) is 33.0 Å². The van der Waals surface area contributed by atoms with E-state index in [0.717, 1.165) is 12.8 Å². The highest BCUT2D eigenvalue weighted by Gasteiger charge is 2.33. The van der Waals surface area contributed by atoms with Crippen LogP contribution in [0.15, 0.2) is 18.2 Å².